The SMILES string of the molecule is CNC(=O)CCOc1ccc(S(=O)(=O)Cl)c(Cl)c1Cl. The number of rotatable bonds is 5. The van der Waals surface area contributed by atoms with Gasteiger partial charge in [0, 0.05) is 17.7 Å². The average Bonchev–Trinajstić information content (AvgIpc) is 2.32. The Morgan fingerprint density at radius 2 is 1.95 bits per heavy atom. The monoisotopic (exact) mass is 345 g/mol. The number of benzene rings is 1. The number of carbonyl (C=O) groups is 1. The van der Waals surface area contributed by atoms with Gasteiger partial charge >= 0.3 is 0 Å². The Balaban J connectivity index is 2.89. The number of amides is 1. The van der Waals surface area contributed by atoms with E-state index in [1.54, 1.807) is 0 Å². The molecular weight excluding hydrogens is 337 g/mol. The molecule has 0 aromatic heterocycles. The van der Waals surface area contributed by atoms with Gasteiger partial charge in [-0.05, 0) is 12.1 Å². The molecule has 0 heterocycles. The van der Waals surface area contributed by atoms with Gasteiger partial charge in [-0.2, -0.15) is 0 Å². The van der Waals surface area contributed by atoms with Crippen molar-refractivity contribution in [1.29, 1.82) is 0 Å². The molecule has 0 saturated carbocycles. The average molecular weight is 347 g/mol. The van der Waals surface area contributed by atoms with Crippen molar-refractivity contribution in [3.05, 3.63) is 22.2 Å². The van der Waals surface area contributed by atoms with Gasteiger partial charge < -0.3 is 10.1 Å². The summed E-state index contributed by atoms with van der Waals surface area (Å²) >= 11 is 11.7. The van der Waals surface area contributed by atoms with Crippen molar-refractivity contribution in [2.45, 2.75) is 11.3 Å². The van der Waals surface area contributed by atoms with Crippen LogP contribution in [0.15, 0.2) is 17.0 Å². The van der Waals surface area contributed by atoms with Crippen molar-refractivity contribution in [1.82, 2.24) is 5.32 Å². The lowest BCUT2D eigenvalue weighted by Gasteiger charge is -2.10. The van der Waals surface area contributed by atoms with Crippen molar-refractivity contribution in [2.75, 3.05) is 13.7 Å². The standard InChI is InChI=1S/C10H10Cl3NO4S/c1-14-8(15)4-5-18-6-2-3-7(19(13,16)17)10(12)9(6)11/h2-3H,4-5H2,1H3,(H,14,15). The van der Waals surface area contributed by atoms with Crippen LogP contribution in [0.1, 0.15) is 6.42 Å². The van der Waals surface area contributed by atoms with Crippen molar-refractivity contribution in [3.63, 3.8) is 0 Å². The molecule has 0 aliphatic carbocycles. The predicted octanol–water partition coefficient (Wildman–Crippen LogP) is 2.44. The first kappa shape index (κ1) is 16.4. The van der Waals surface area contributed by atoms with E-state index in [0.717, 1.165) is 0 Å². The van der Waals surface area contributed by atoms with Crippen LogP contribution in [0, 0.1) is 0 Å². The van der Waals surface area contributed by atoms with E-state index in [-0.39, 0.29) is 39.6 Å². The minimum Gasteiger partial charge on any atom is -0.491 e. The molecule has 1 amide bonds. The van der Waals surface area contributed by atoms with Crippen LogP contribution in [0.5, 0.6) is 5.75 Å². The molecule has 5 nitrogen and oxygen atoms in total. The van der Waals surface area contributed by atoms with E-state index >= 15 is 0 Å². The van der Waals surface area contributed by atoms with Gasteiger partial charge in [0.15, 0.2) is 0 Å². The Morgan fingerprint density at radius 1 is 1.32 bits per heavy atom. The van der Waals surface area contributed by atoms with Crippen molar-refractivity contribution >= 4 is 48.8 Å². The highest BCUT2D eigenvalue weighted by Gasteiger charge is 2.19. The summed E-state index contributed by atoms with van der Waals surface area (Å²) in [4.78, 5) is 10.7. The fourth-order valence-electron chi connectivity index (χ4n) is 1.19. The van der Waals surface area contributed by atoms with Gasteiger partial charge in [-0.1, -0.05) is 23.2 Å². The van der Waals surface area contributed by atoms with Gasteiger partial charge in [0.2, 0.25) is 5.91 Å². The maximum atomic E-state index is 11.2. The van der Waals surface area contributed by atoms with Gasteiger partial charge in [-0.3, -0.25) is 4.79 Å². The molecule has 1 aromatic rings. The second kappa shape index (κ2) is 6.65. The van der Waals surface area contributed by atoms with Crippen LogP contribution in [0.3, 0.4) is 0 Å². The highest BCUT2D eigenvalue weighted by Crippen LogP contribution is 2.37. The molecule has 0 fully saturated rings. The summed E-state index contributed by atoms with van der Waals surface area (Å²) in [6.07, 6.45) is 0.139. The summed E-state index contributed by atoms with van der Waals surface area (Å²) in [5.41, 5.74) is 0. The van der Waals surface area contributed by atoms with Crippen LogP contribution in [-0.2, 0) is 13.8 Å². The van der Waals surface area contributed by atoms with Crippen LogP contribution in [0.25, 0.3) is 0 Å². The Kier molecular flexibility index (Phi) is 5.73. The molecule has 0 atom stereocenters. The van der Waals surface area contributed by atoms with Crippen LogP contribution in [0.4, 0.5) is 0 Å². The fraction of sp³-hybridized carbons (Fsp3) is 0.300. The van der Waals surface area contributed by atoms with E-state index in [4.69, 9.17) is 38.6 Å². The third-order valence-electron chi connectivity index (χ3n) is 2.14. The quantitative estimate of drug-likeness (QED) is 0.831. The summed E-state index contributed by atoms with van der Waals surface area (Å²) in [5.74, 6) is -0.0122. The van der Waals surface area contributed by atoms with Gasteiger partial charge in [0.25, 0.3) is 9.05 Å². The summed E-state index contributed by atoms with van der Waals surface area (Å²) in [6, 6.07) is 2.51. The van der Waals surface area contributed by atoms with Crippen LogP contribution < -0.4 is 10.1 Å². The number of halogens is 3. The maximum Gasteiger partial charge on any atom is 0.262 e. The van der Waals surface area contributed by atoms with E-state index in [1.165, 1.54) is 19.2 Å². The largest absolute Gasteiger partial charge is 0.491 e. The molecule has 1 aromatic carbocycles. The second-order valence-electron chi connectivity index (χ2n) is 3.40. The molecule has 0 spiro atoms. The predicted molar refractivity (Wildman–Crippen MR) is 73.7 cm³/mol. The number of hydrogen-bond donors (Lipinski definition) is 1. The molecule has 0 bridgehead atoms. The van der Waals surface area contributed by atoms with E-state index in [0.29, 0.717) is 0 Å². The van der Waals surface area contributed by atoms with Crippen molar-refractivity contribution < 1.29 is 17.9 Å². The van der Waals surface area contributed by atoms with Crippen LogP contribution >= 0.6 is 33.9 Å². The highest BCUT2D eigenvalue weighted by molar-refractivity contribution is 8.13. The van der Waals surface area contributed by atoms with Crippen LogP contribution in [-0.4, -0.2) is 28.0 Å². The molecule has 9 heteroatoms. The smallest absolute Gasteiger partial charge is 0.262 e. The molecular formula is C10H10Cl3NO4S. The van der Waals surface area contributed by atoms with E-state index in [2.05, 4.69) is 5.32 Å². The maximum absolute atomic E-state index is 11.2. The molecule has 19 heavy (non-hydrogen) atoms. The number of nitrogens with one attached hydrogen (secondary N) is 1. The van der Waals surface area contributed by atoms with Gasteiger partial charge in [-0.15, -0.1) is 0 Å². The minimum atomic E-state index is -3.97. The molecule has 1 N–H and O–H groups in total. The molecule has 0 saturated heterocycles. The number of ether oxygens (including phenoxy) is 1. The van der Waals surface area contributed by atoms with Gasteiger partial charge in [-0.25, -0.2) is 8.42 Å². The van der Waals surface area contributed by atoms with Crippen molar-refractivity contribution in [2.24, 2.45) is 0 Å². The molecule has 0 aliphatic heterocycles. The Bertz CT molecular complexity index is 589. The summed E-state index contributed by atoms with van der Waals surface area (Å²) in [7, 11) is 2.72. The van der Waals surface area contributed by atoms with Gasteiger partial charge in [0.1, 0.15) is 15.7 Å². The summed E-state index contributed by atoms with van der Waals surface area (Å²) in [5, 5.41) is 2.15. The molecule has 0 unspecified atom stereocenters. The number of carbonyl (C=O) groups excluding carboxylic acids is 1. The summed E-state index contributed by atoms with van der Waals surface area (Å²) < 4.78 is 27.6. The third kappa shape index (κ3) is 4.42. The van der Waals surface area contributed by atoms with Gasteiger partial charge in [0.05, 0.1) is 18.1 Å². The first-order valence-corrected chi connectivity index (χ1v) is 8.10. The van der Waals surface area contributed by atoms with Crippen molar-refractivity contribution in [3.8, 4) is 5.75 Å². The number of hydrogen-bond acceptors (Lipinski definition) is 4. The minimum absolute atomic E-state index is 0.0692. The lowest BCUT2D eigenvalue weighted by molar-refractivity contribution is -0.121. The Hall–Kier alpha value is -0.690. The van der Waals surface area contributed by atoms with E-state index < -0.39 is 9.05 Å². The first-order chi connectivity index (χ1) is 8.77. The fourth-order valence-corrected chi connectivity index (χ4v) is 2.98. The molecule has 0 radical (unpaired) electrons. The second-order valence-corrected chi connectivity index (χ2v) is 6.69. The zero-order valence-corrected chi connectivity index (χ0v) is 12.8. The highest BCUT2D eigenvalue weighted by atomic mass is 35.7. The Labute approximate surface area is 125 Å². The lowest BCUT2D eigenvalue weighted by atomic mass is 10.3. The molecule has 1 rings (SSSR count). The summed E-state index contributed by atoms with van der Waals surface area (Å²) in [6.45, 7) is 0.0860. The zero-order chi connectivity index (χ0) is 14.6. The van der Waals surface area contributed by atoms with E-state index in [9.17, 15) is 13.2 Å². The topological polar surface area (TPSA) is 72.5 Å². The third-order valence-corrected chi connectivity index (χ3v) is 4.48. The molecule has 0 aliphatic rings. The lowest BCUT2D eigenvalue weighted by Crippen LogP contribution is -2.20. The first-order valence-electron chi connectivity index (χ1n) is 5.03. The molecule has 106 valence electrons. The van der Waals surface area contributed by atoms with E-state index in [1.807, 2.05) is 0 Å². The normalized spacial score (nSPS) is 11.2. The Morgan fingerprint density at radius 3 is 2.47 bits per heavy atom. The zero-order valence-electron chi connectivity index (χ0n) is 9.74. The van der Waals surface area contributed by atoms with Crippen LogP contribution in [0.2, 0.25) is 10.0 Å².